The number of β-amino-alcohol motifs (C(OH)–C–C–N with tert-alkyl or cyclic N) is 1. The Labute approximate surface area is 166 Å². The Morgan fingerprint density at radius 2 is 2.21 bits per heavy atom. The maximum Gasteiger partial charge on any atom is 0.337 e. The first kappa shape index (κ1) is 20.3. The number of hydrogen-bond acceptors (Lipinski definition) is 7. The zero-order chi connectivity index (χ0) is 21.0. The summed E-state index contributed by atoms with van der Waals surface area (Å²) in [5.74, 6) is -1.43. The number of ether oxygens (including phenoxy) is 2. The van der Waals surface area contributed by atoms with Crippen molar-refractivity contribution in [1.29, 1.82) is 0 Å². The van der Waals surface area contributed by atoms with Crippen molar-refractivity contribution in [3.63, 3.8) is 0 Å². The van der Waals surface area contributed by atoms with E-state index in [1.165, 1.54) is 30.2 Å². The third-order valence-electron chi connectivity index (χ3n) is 4.31. The van der Waals surface area contributed by atoms with Gasteiger partial charge in [0.25, 0.3) is 5.91 Å². The average molecular weight is 404 g/mol. The number of esters is 1. The third kappa shape index (κ3) is 4.54. The fourth-order valence-electron chi connectivity index (χ4n) is 2.92. The highest BCUT2D eigenvalue weighted by molar-refractivity contribution is 6.08. The average Bonchev–Trinajstić information content (AvgIpc) is 3.25. The molecular weight excluding hydrogens is 383 g/mol. The van der Waals surface area contributed by atoms with Gasteiger partial charge in [0.1, 0.15) is 23.9 Å². The molecule has 0 saturated heterocycles. The minimum absolute atomic E-state index is 0.0183. The minimum atomic E-state index is -0.685. The van der Waals surface area contributed by atoms with Crippen molar-refractivity contribution in [3.8, 4) is 5.75 Å². The summed E-state index contributed by atoms with van der Waals surface area (Å²) < 4.78 is 26.0. The lowest BCUT2D eigenvalue weighted by molar-refractivity contribution is -0.136. The van der Waals surface area contributed by atoms with Crippen LogP contribution in [0.25, 0.3) is 0 Å². The summed E-state index contributed by atoms with van der Waals surface area (Å²) in [6.07, 6.45) is 3.42. The summed E-state index contributed by atoms with van der Waals surface area (Å²) in [6, 6.07) is 3.83. The van der Waals surface area contributed by atoms with Gasteiger partial charge in [-0.15, -0.1) is 0 Å². The van der Waals surface area contributed by atoms with Gasteiger partial charge in [0.2, 0.25) is 0 Å². The highest BCUT2D eigenvalue weighted by Gasteiger charge is 2.34. The van der Waals surface area contributed by atoms with Crippen LogP contribution in [0.15, 0.2) is 41.9 Å². The number of carbonyl (C=O) groups is 2. The molecule has 0 aliphatic carbocycles. The van der Waals surface area contributed by atoms with Gasteiger partial charge >= 0.3 is 5.97 Å². The third-order valence-corrected chi connectivity index (χ3v) is 4.31. The number of halogens is 1. The van der Waals surface area contributed by atoms with Crippen molar-refractivity contribution in [2.45, 2.75) is 6.61 Å². The lowest BCUT2D eigenvalue weighted by Gasteiger charge is -2.16. The van der Waals surface area contributed by atoms with E-state index < -0.39 is 17.7 Å². The monoisotopic (exact) mass is 404 g/mol. The Hall–Kier alpha value is -3.40. The van der Waals surface area contributed by atoms with Crippen molar-refractivity contribution in [2.75, 3.05) is 32.1 Å². The summed E-state index contributed by atoms with van der Waals surface area (Å²) >= 11 is 0. The largest absolute Gasteiger partial charge is 0.487 e. The van der Waals surface area contributed by atoms with E-state index in [4.69, 9.17) is 14.6 Å². The van der Waals surface area contributed by atoms with Gasteiger partial charge in [-0.1, -0.05) is 0 Å². The predicted molar refractivity (Wildman–Crippen MR) is 100 cm³/mol. The molecule has 1 aliphatic heterocycles. The molecule has 1 aromatic carbocycles. The second-order valence-electron chi connectivity index (χ2n) is 6.37. The second-order valence-corrected chi connectivity index (χ2v) is 6.37. The van der Waals surface area contributed by atoms with Crippen LogP contribution < -0.4 is 10.1 Å². The van der Waals surface area contributed by atoms with E-state index in [1.807, 2.05) is 0 Å². The number of aliphatic hydroxyl groups excluding tert-OH is 1. The number of anilines is 1. The van der Waals surface area contributed by atoms with E-state index in [2.05, 4.69) is 10.4 Å². The maximum atomic E-state index is 13.9. The number of aromatic nitrogens is 2. The van der Waals surface area contributed by atoms with E-state index in [1.54, 1.807) is 24.1 Å². The smallest absolute Gasteiger partial charge is 0.337 e. The van der Waals surface area contributed by atoms with E-state index in [0.29, 0.717) is 5.75 Å². The molecular formula is C19H21FN4O5. The summed E-state index contributed by atoms with van der Waals surface area (Å²) in [5, 5.41) is 16.0. The molecule has 2 aromatic rings. The quantitative estimate of drug-likeness (QED) is 0.627. The van der Waals surface area contributed by atoms with Crippen LogP contribution in [0.4, 0.5) is 10.1 Å². The molecule has 0 spiro atoms. The number of hydrogen-bond donors (Lipinski definition) is 2. The van der Waals surface area contributed by atoms with Crippen LogP contribution in [-0.2, 0) is 28.0 Å². The molecule has 29 heavy (non-hydrogen) atoms. The molecule has 154 valence electrons. The van der Waals surface area contributed by atoms with Crippen LogP contribution in [0.3, 0.4) is 0 Å². The number of aliphatic hydroxyl groups is 1. The molecule has 0 saturated carbocycles. The predicted octanol–water partition coefficient (Wildman–Crippen LogP) is 0.812. The second kappa shape index (κ2) is 8.74. The Bertz CT molecular complexity index is 956. The number of amides is 1. The van der Waals surface area contributed by atoms with Crippen LogP contribution >= 0.6 is 0 Å². The topological polar surface area (TPSA) is 106 Å². The molecule has 3 rings (SSSR count). The molecule has 0 bridgehead atoms. The van der Waals surface area contributed by atoms with Gasteiger partial charge in [-0.05, 0) is 12.1 Å². The molecule has 0 fully saturated rings. The molecule has 2 N–H and O–H groups in total. The van der Waals surface area contributed by atoms with Crippen molar-refractivity contribution in [3.05, 3.63) is 53.2 Å². The van der Waals surface area contributed by atoms with Crippen molar-refractivity contribution >= 4 is 17.6 Å². The van der Waals surface area contributed by atoms with Crippen molar-refractivity contribution in [2.24, 2.45) is 7.05 Å². The summed E-state index contributed by atoms with van der Waals surface area (Å²) in [7, 11) is 2.98. The minimum Gasteiger partial charge on any atom is -0.487 e. The number of methoxy groups -OCH3 is 1. The van der Waals surface area contributed by atoms with Gasteiger partial charge in [-0.2, -0.15) is 5.10 Å². The summed E-state index contributed by atoms with van der Waals surface area (Å²) in [6.45, 7) is -0.0395. The first-order chi connectivity index (χ1) is 13.9. The van der Waals surface area contributed by atoms with Crippen molar-refractivity contribution < 1.29 is 28.6 Å². The van der Waals surface area contributed by atoms with Gasteiger partial charge in [-0.25, -0.2) is 9.18 Å². The molecule has 2 heterocycles. The number of carbonyl (C=O) groups excluding carboxylic acids is 2. The lowest BCUT2D eigenvalue weighted by atomic mass is 10.2. The van der Waals surface area contributed by atoms with Crippen LogP contribution in [0.2, 0.25) is 0 Å². The number of benzene rings is 1. The fraction of sp³-hybridized carbons (Fsp3) is 0.316. The zero-order valence-electron chi connectivity index (χ0n) is 16.0. The molecule has 0 atom stereocenters. The number of aryl methyl sites for hydroxylation is 1. The van der Waals surface area contributed by atoms with Crippen molar-refractivity contribution in [1.82, 2.24) is 14.7 Å². The Kier molecular flexibility index (Phi) is 6.13. The zero-order valence-corrected chi connectivity index (χ0v) is 16.0. The van der Waals surface area contributed by atoms with E-state index in [0.717, 1.165) is 5.56 Å². The maximum absolute atomic E-state index is 13.9. The Morgan fingerprint density at radius 1 is 1.41 bits per heavy atom. The van der Waals surface area contributed by atoms with Gasteiger partial charge in [-0.3, -0.25) is 9.48 Å². The molecule has 10 heteroatoms. The van der Waals surface area contributed by atoms with E-state index in [-0.39, 0.29) is 43.3 Å². The number of rotatable bonds is 8. The first-order valence-electron chi connectivity index (χ1n) is 8.81. The van der Waals surface area contributed by atoms with E-state index in [9.17, 15) is 14.0 Å². The summed E-state index contributed by atoms with van der Waals surface area (Å²) in [4.78, 5) is 26.0. The molecule has 9 nitrogen and oxygen atoms in total. The Morgan fingerprint density at radius 3 is 2.86 bits per heavy atom. The highest BCUT2D eigenvalue weighted by Crippen LogP contribution is 2.30. The summed E-state index contributed by atoms with van der Waals surface area (Å²) in [5.41, 5.74) is 1.04. The number of nitrogens with one attached hydrogen (secondary N) is 1. The fourth-order valence-corrected chi connectivity index (χ4v) is 2.92. The molecule has 0 radical (unpaired) electrons. The normalized spacial score (nSPS) is 13.8. The molecule has 1 aliphatic rings. The van der Waals surface area contributed by atoms with Crippen LogP contribution in [0.5, 0.6) is 5.75 Å². The lowest BCUT2D eigenvalue weighted by Crippen LogP contribution is -2.31. The van der Waals surface area contributed by atoms with Gasteiger partial charge in [0.05, 0.1) is 37.7 Å². The van der Waals surface area contributed by atoms with Gasteiger partial charge < -0.3 is 24.8 Å². The molecule has 0 unspecified atom stereocenters. The Balaban J connectivity index is 1.87. The molecule has 1 aromatic heterocycles. The van der Waals surface area contributed by atoms with Crippen LogP contribution in [-0.4, -0.2) is 58.5 Å². The van der Waals surface area contributed by atoms with Gasteiger partial charge in [0.15, 0.2) is 0 Å². The highest BCUT2D eigenvalue weighted by atomic mass is 19.1. The molecule has 1 amide bonds. The standard InChI is InChI=1S/C19H21FN4O5/c1-23-9-12(8-21-23)11-29-16-4-3-13(20)7-15(16)22-17-14(19(27)28-2)10-24(5-6-25)18(17)26/h3-4,7-9,22,25H,5-6,10-11H2,1-2H3. The SMILES string of the molecule is COC(=O)C1=C(Nc2cc(F)ccc2OCc2cnn(C)c2)C(=O)N(CCO)C1. The van der Waals surface area contributed by atoms with Crippen LogP contribution in [0.1, 0.15) is 5.56 Å². The van der Waals surface area contributed by atoms with Gasteiger partial charge in [0, 0.05) is 31.4 Å². The van der Waals surface area contributed by atoms with Crippen LogP contribution in [0, 0.1) is 5.82 Å². The van der Waals surface area contributed by atoms with E-state index >= 15 is 0 Å². The number of nitrogens with zero attached hydrogens (tertiary/aromatic N) is 3. The first-order valence-corrected chi connectivity index (χ1v) is 8.81.